The Morgan fingerprint density at radius 3 is 2.31 bits per heavy atom. The fourth-order valence-corrected chi connectivity index (χ4v) is 4.37. The first kappa shape index (κ1) is 29.0. The first-order valence-corrected chi connectivity index (χ1v) is 12.9. The van der Waals surface area contributed by atoms with Crippen molar-refractivity contribution in [1.82, 2.24) is 0 Å². The first-order valence-electron chi connectivity index (χ1n) is 10.2. The molecule has 1 aromatic carbocycles. The van der Waals surface area contributed by atoms with Gasteiger partial charge in [-0.2, -0.15) is 21.6 Å². The summed E-state index contributed by atoms with van der Waals surface area (Å²) in [5.74, 6) is -5.27. The van der Waals surface area contributed by atoms with Gasteiger partial charge in [-0.25, -0.2) is 9.59 Å². The highest BCUT2D eigenvalue weighted by molar-refractivity contribution is 14.1. The third-order valence-electron chi connectivity index (χ3n) is 4.98. The highest BCUT2D eigenvalue weighted by atomic mass is 127. The number of ether oxygens (including phenoxy) is 3. The van der Waals surface area contributed by atoms with Crippen molar-refractivity contribution in [2.24, 2.45) is 5.92 Å². The van der Waals surface area contributed by atoms with Crippen molar-refractivity contribution in [3.8, 4) is 5.75 Å². The van der Waals surface area contributed by atoms with Gasteiger partial charge in [-0.3, -0.25) is 9.35 Å². The van der Waals surface area contributed by atoms with E-state index in [1.165, 1.54) is 19.1 Å². The molecule has 1 aliphatic carbocycles. The molecule has 0 aliphatic heterocycles. The normalized spacial score (nSPS) is 19.4. The molecule has 1 atom stereocenters. The van der Waals surface area contributed by atoms with Crippen LogP contribution >= 0.6 is 22.6 Å². The van der Waals surface area contributed by atoms with Gasteiger partial charge in [0.1, 0.15) is 17.6 Å². The number of rotatable bonds is 8. The van der Waals surface area contributed by atoms with Gasteiger partial charge in [-0.05, 0) is 73.4 Å². The summed E-state index contributed by atoms with van der Waals surface area (Å²) in [4.78, 5) is 36.5. The smallest absolute Gasteiger partial charge is 0.426 e. The zero-order chi connectivity index (χ0) is 26.6. The Bertz CT molecular complexity index is 1090. The lowest BCUT2D eigenvalue weighted by atomic mass is 9.87. The monoisotopic (exact) mass is 634 g/mol. The Balaban J connectivity index is 1.96. The Kier molecular flexibility index (Phi) is 9.70. The predicted molar refractivity (Wildman–Crippen MR) is 123 cm³/mol. The predicted octanol–water partition coefficient (Wildman–Crippen LogP) is 3.85. The van der Waals surface area contributed by atoms with Crippen LogP contribution in [0, 0.1) is 9.49 Å². The summed E-state index contributed by atoms with van der Waals surface area (Å²) >= 11 is 1.90. The number of halogens is 4. The van der Waals surface area contributed by atoms with Gasteiger partial charge in [0.25, 0.3) is 10.1 Å². The maximum atomic E-state index is 13.0. The SMILES string of the molecule is C=C(C)C(=O)Oc1ccc(I)c(C(=O)OC2CCC(C(=O)OC(CS(=O)(=O)O)C(F)(F)F)CC2)c1. The quantitative estimate of drug-likeness (QED) is 0.149. The molecule has 0 spiro atoms. The Labute approximate surface area is 212 Å². The van der Waals surface area contributed by atoms with Crippen molar-refractivity contribution in [2.45, 2.75) is 51.0 Å². The number of benzene rings is 1. The fraction of sp³-hybridized carbons (Fsp3) is 0.476. The standard InChI is InChI=1S/C21H22F3IO9S/c1-11(2)18(26)33-14-7-8-16(25)15(9-14)20(28)32-13-5-3-12(4-6-13)19(27)34-17(21(22,23)24)10-35(29,30)31/h7-9,12-13,17H,1,3-6,10H2,2H3,(H,29,30,31). The number of hydrogen-bond acceptors (Lipinski definition) is 8. The molecule has 0 amide bonds. The molecule has 0 radical (unpaired) electrons. The lowest BCUT2D eigenvalue weighted by Crippen LogP contribution is -2.41. The summed E-state index contributed by atoms with van der Waals surface area (Å²) < 4.78 is 84.7. The van der Waals surface area contributed by atoms with Crippen molar-refractivity contribution in [2.75, 3.05) is 5.75 Å². The molecule has 2 rings (SSSR count). The summed E-state index contributed by atoms with van der Waals surface area (Å²) in [5, 5.41) is 0. The molecule has 1 fully saturated rings. The van der Waals surface area contributed by atoms with Crippen LogP contribution in [0.1, 0.15) is 43.0 Å². The Morgan fingerprint density at radius 2 is 1.80 bits per heavy atom. The molecule has 194 valence electrons. The second kappa shape index (κ2) is 11.7. The molecule has 9 nitrogen and oxygen atoms in total. The van der Waals surface area contributed by atoms with E-state index in [-0.39, 0.29) is 42.6 Å². The van der Waals surface area contributed by atoms with E-state index in [9.17, 15) is 36.0 Å². The van der Waals surface area contributed by atoms with E-state index >= 15 is 0 Å². The third kappa shape index (κ3) is 9.07. The molecule has 0 aromatic heterocycles. The van der Waals surface area contributed by atoms with E-state index in [2.05, 4.69) is 11.3 Å². The summed E-state index contributed by atoms with van der Waals surface area (Å²) in [6, 6.07) is 4.38. The maximum absolute atomic E-state index is 13.0. The van der Waals surface area contributed by atoms with E-state index < -0.39 is 58.1 Å². The van der Waals surface area contributed by atoms with E-state index in [0.717, 1.165) is 0 Å². The first-order chi connectivity index (χ1) is 16.1. The van der Waals surface area contributed by atoms with Crippen LogP contribution in [0.25, 0.3) is 0 Å². The largest absolute Gasteiger partial charge is 0.459 e. The van der Waals surface area contributed by atoms with Crippen LogP contribution in [0.3, 0.4) is 0 Å². The number of carbonyl (C=O) groups is 3. The number of carbonyl (C=O) groups excluding carboxylic acids is 3. The lowest BCUT2D eigenvalue weighted by Gasteiger charge is -2.28. The van der Waals surface area contributed by atoms with Crippen LogP contribution in [0.4, 0.5) is 13.2 Å². The minimum absolute atomic E-state index is 0.0423. The summed E-state index contributed by atoms with van der Waals surface area (Å²) in [6.07, 6.45) is -8.40. The summed E-state index contributed by atoms with van der Waals surface area (Å²) in [7, 11) is -5.04. The minimum atomic E-state index is -5.18. The number of alkyl halides is 3. The van der Waals surface area contributed by atoms with Gasteiger partial charge in [0.05, 0.1) is 11.5 Å². The number of hydrogen-bond donors (Lipinski definition) is 1. The van der Waals surface area contributed by atoms with Gasteiger partial charge in [-0.15, -0.1) is 0 Å². The molecule has 1 aliphatic rings. The highest BCUT2D eigenvalue weighted by Gasteiger charge is 2.46. The van der Waals surface area contributed by atoms with Gasteiger partial charge in [0, 0.05) is 9.14 Å². The maximum Gasteiger partial charge on any atom is 0.426 e. The van der Waals surface area contributed by atoms with Crippen LogP contribution in [-0.4, -0.2) is 55.0 Å². The average Bonchev–Trinajstić information content (AvgIpc) is 2.73. The lowest BCUT2D eigenvalue weighted by molar-refractivity contribution is -0.218. The zero-order valence-corrected chi connectivity index (χ0v) is 21.3. The van der Waals surface area contributed by atoms with Crippen molar-refractivity contribution >= 4 is 50.6 Å². The van der Waals surface area contributed by atoms with Crippen molar-refractivity contribution in [3.63, 3.8) is 0 Å². The van der Waals surface area contributed by atoms with Gasteiger partial charge in [0.2, 0.25) is 6.10 Å². The van der Waals surface area contributed by atoms with E-state index in [1.54, 1.807) is 6.07 Å². The highest BCUT2D eigenvalue weighted by Crippen LogP contribution is 2.31. The van der Waals surface area contributed by atoms with Gasteiger partial charge in [-0.1, -0.05) is 6.58 Å². The molecule has 0 heterocycles. The summed E-state index contributed by atoms with van der Waals surface area (Å²) in [6.45, 7) is 4.94. The second-order valence-electron chi connectivity index (χ2n) is 7.91. The Morgan fingerprint density at radius 1 is 1.20 bits per heavy atom. The van der Waals surface area contributed by atoms with Crippen molar-refractivity contribution in [1.29, 1.82) is 0 Å². The van der Waals surface area contributed by atoms with E-state index in [1.807, 2.05) is 22.6 Å². The van der Waals surface area contributed by atoms with Gasteiger partial charge < -0.3 is 14.2 Å². The third-order valence-corrected chi connectivity index (χ3v) is 6.65. The van der Waals surface area contributed by atoms with Crippen LogP contribution in [0.15, 0.2) is 30.4 Å². The van der Waals surface area contributed by atoms with Crippen LogP contribution < -0.4 is 4.74 Å². The fourth-order valence-electron chi connectivity index (χ4n) is 3.17. The average molecular weight is 634 g/mol. The number of esters is 3. The summed E-state index contributed by atoms with van der Waals surface area (Å²) in [5.41, 5.74) is 0.305. The molecular weight excluding hydrogens is 612 g/mol. The zero-order valence-electron chi connectivity index (χ0n) is 18.3. The second-order valence-corrected chi connectivity index (χ2v) is 10.6. The minimum Gasteiger partial charge on any atom is -0.459 e. The molecule has 0 saturated heterocycles. The molecule has 1 saturated carbocycles. The molecule has 1 aromatic rings. The van der Waals surface area contributed by atoms with Crippen LogP contribution in [0.5, 0.6) is 5.75 Å². The molecule has 14 heteroatoms. The Hall–Kier alpha value is -2.20. The van der Waals surface area contributed by atoms with Crippen molar-refractivity contribution < 1.29 is 54.7 Å². The molecule has 0 bridgehead atoms. The van der Waals surface area contributed by atoms with Crippen LogP contribution in [0.2, 0.25) is 0 Å². The topological polar surface area (TPSA) is 133 Å². The van der Waals surface area contributed by atoms with E-state index in [4.69, 9.17) is 14.0 Å². The van der Waals surface area contributed by atoms with Gasteiger partial charge in [0.15, 0.2) is 0 Å². The van der Waals surface area contributed by atoms with Crippen LogP contribution in [-0.2, 0) is 29.2 Å². The molecule has 35 heavy (non-hydrogen) atoms. The molecule has 1 unspecified atom stereocenters. The van der Waals surface area contributed by atoms with Gasteiger partial charge >= 0.3 is 24.1 Å². The van der Waals surface area contributed by atoms with Crippen molar-refractivity contribution in [3.05, 3.63) is 39.5 Å². The molecular formula is C21H22F3IO9S. The molecule has 1 N–H and O–H groups in total. The van der Waals surface area contributed by atoms with E-state index in [0.29, 0.717) is 3.57 Å².